The van der Waals surface area contributed by atoms with E-state index < -0.39 is 11.6 Å². The van der Waals surface area contributed by atoms with Crippen LogP contribution < -0.4 is 15.5 Å². The largest absolute Gasteiger partial charge is 0.383 e. The predicted octanol–water partition coefficient (Wildman–Crippen LogP) is 3.45. The molecule has 1 amide bonds. The Labute approximate surface area is 150 Å². The number of hydrogen-bond donors (Lipinski definition) is 2. The highest BCUT2D eigenvalue weighted by Crippen LogP contribution is 2.32. The number of hydrogen-bond acceptors (Lipinski definition) is 4. The average molecular weight is 359 g/mol. The standard InChI is InChI=1S/C19H19F2N3O2/c1-24(7-8-26-2)18-6-4-13(10-16(18)21)22-11-15-14-9-12(20)3-5-17(14)23-19(15)25/h3-6,9-11,22H,7-8H2,1-2H3,(H,23,25)/b15-11+. The zero-order chi connectivity index (χ0) is 18.7. The van der Waals surface area contributed by atoms with Crippen LogP contribution in [0.1, 0.15) is 5.56 Å². The first-order valence-electron chi connectivity index (χ1n) is 8.07. The number of methoxy groups -OCH3 is 1. The molecule has 0 saturated heterocycles. The van der Waals surface area contributed by atoms with E-state index in [-0.39, 0.29) is 5.91 Å². The quantitative estimate of drug-likeness (QED) is 0.776. The molecular weight excluding hydrogens is 340 g/mol. The van der Waals surface area contributed by atoms with E-state index in [1.165, 1.54) is 30.5 Å². The zero-order valence-corrected chi connectivity index (χ0v) is 14.5. The lowest BCUT2D eigenvalue weighted by Crippen LogP contribution is -2.23. The van der Waals surface area contributed by atoms with Crippen LogP contribution in [0.25, 0.3) is 5.57 Å². The van der Waals surface area contributed by atoms with E-state index in [0.29, 0.717) is 41.4 Å². The second-order valence-electron chi connectivity index (χ2n) is 5.93. The molecule has 0 radical (unpaired) electrons. The van der Waals surface area contributed by atoms with Gasteiger partial charge in [-0.1, -0.05) is 0 Å². The van der Waals surface area contributed by atoms with E-state index in [2.05, 4.69) is 10.6 Å². The molecule has 1 heterocycles. The Morgan fingerprint density at radius 3 is 2.77 bits per heavy atom. The van der Waals surface area contributed by atoms with E-state index in [9.17, 15) is 13.6 Å². The van der Waals surface area contributed by atoms with Crippen molar-refractivity contribution in [2.24, 2.45) is 0 Å². The van der Waals surface area contributed by atoms with Crippen molar-refractivity contribution in [2.45, 2.75) is 0 Å². The Bertz CT molecular complexity index is 868. The number of likely N-dealkylation sites (N-methyl/N-ethyl adjacent to an activating group) is 1. The summed E-state index contributed by atoms with van der Waals surface area (Å²) in [5.41, 5.74) is 2.24. The molecule has 2 aromatic rings. The summed E-state index contributed by atoms with van der Waals surface area (Å²) >= 11 is 0. The van der Waals surface area contributed by atoms with E-state index in [1.54, 1.807) is 31.2 Å². The maximum atomic E-state index is 14.3. The highest BCUT2D eigenvalue weighted by molar-refractivity contribution is 6.31. The molecule has 7 heteroatoms. The molecule has 0 aromatic heterocycles. The molecular formula is C19H19F2N3O2. The normalized spacial score (nSPS) is 14.3. The first kappa shape index (κ1) is 17.9. The number of benzene rings is 2. The first-order chi connectivity index (χ1) is 12.5. The van der Waals surface area contributed by atoms with E-state index in [4.69, 9.17) is 4.74 Å². The summed E-state index contributed by atoms with van der Waals surface area (Å²) in [6, 6.07) is 8.77. The Morgan fingerprint density at radius 1 is 1.23 bits per heavy atom. The topological polar surface area (TPSA) is 53.6 Å². The van der Waals surface area contributed by atoms with Crippen molar-refractivity contribution in [1.29, 1.82) is 0 Å². The summed E-state index contributed by atoms with van der Waals surface area (Å²) in [6.45, 7) is 1.06. The molecule has 2 aromatic carbocycles. The minimum absolute atomic E-state index is 0.293. The number of fused-ring (bicyclic) bond motifs is 1. The van der Waals surface area contributed by atoms with Crippen molar-refractivity contribution in [2.75, 3.05) is 42.8 Å². The summed E-state index contributed by atoms with van der Waals surface area (Å²) in [5, 5.41) is 5.56. The van der Waals surface area contributed by atoms with Crippen LogP contribution in [0.4, 0.5) is 25.8 Å². The zero-order valence-electron chi connectivity index (χ0n) is 14.5. The number of halogens is 2. The molecule has 5 nitrogen and oxygen atoms in total. The van der Waals surface area contributed by atoms with Crippen LogP contribution >= 0.6 is 0 Å². The molecule has 0 bridgehead atoms. The van der Waals surface area contributed by atoms with E-state index >= 15 is 0 Å². The van der Waals surface area contributed by atoms with Gasteiger partial charge in [0, 0.05) is 43.8 Å². The number of rotatable bonds is 6. The molecule has 0 aliphatic carbocycles. The van der Waals surface area contributed by atoms with E-state index in [1.807, 2.05) is 0 Å². The van der Waals surface area contributed by atoms with E-state index in [0.717, 1.165) is 0 Å². The fourth-order valence-electron chi connectivity index (χ4n) is 2.71. The second-order valence-corrected chi connectivity index (χ2v) is 5.93. The van der Waals surface area contributed by atoms with Crippen molar-refractivity contribution in [3.05, 3.63) is 59.8 Å². The fourth-order valence-corrected chi connectivity index (χ4v) is 2.71. The van der Waals surface area contributed by atoms with Gasteiger partial charge in [-0.25, -0.2) is 8.78 Å². The molecule has 0 saturated carbocycles. The van der Waals surface area contributed by atoms with Crippen LogP contribution in [0.2, 0.25) is 0 Å². The van der Waals surface area contributed by atoms with Crippen LogP contribution in [0.5, 0.6) is 0 Å². The summed E-state index contributed by atoms with van der Waals surface area (Å²) in [5.74, 6) is -1.16. The summed E-state index contributed by atoms with van der Waals surface area (Å²) < 4.78 is 32.8. The molecule has 0 unspecified atom stereocenters. The molecule has 0 fully saturated rings. The van der Waals surface area contributed by atoms with Gasteiger partial charge in [0.15, 0.2) is 0 Å². The van der Waals surface area contributed by atoms with Crippen molar-refractivity contribution in [3.8, 4) is 0 Å². The minimum atomic E-state index is -0.430. The molecule has 2 N–H and O–H groups in total. The lowest BCUT2D eigenvalue weighted by Gasteiger charge is -2.19. The van der Waals surface area contributed by atoms with Gasteiger partial charge >= 0.3 is 0 Å². The molecule has 1 aliphatic heterocycles. The molecule has 0 atom stereocenters. The highest BCUT2D eigenvalue weighted by Gasteiger charge is 2.24. The van der Waals surface area contributed by atoms with Crippen LogP contribution in [0.3, 0.4) is 0 Å². The predicted molar refractivity (Wildman–Crippen MR) is 98.2 cm³/mol. The lowest BCUT2D eigenvalue weighted by molar-refractivity contribution is -0.110. The second kappa shape index (κ2) is 7.53. The average Bonchev–Trinajstić information content (AvgIpc) is 2.92. The Balaban J connectivity index is 1.78. The smallest absolute Gasteiger partial charge is 0.257 e. The molecule has 1 aliphatic rings. The van der Waals surface area contributed by atoms with Crippen molar-refractivity contribution < 1.29 is 18.3 Å². The first-order valence-corrected chi connectivity index (χ1v) is 8.07. The number of carbonyl (C=O) groups is 1. The summed E-state index contributed by atoms with van der Waals surface area (Å²) in [7, 11) is 3.37. The molecule has 136 valence electrons. The van der Waals surface area contributed by atoms with Crippen LogP contribution in [-0.4, -0.2) is 33.2 Å². The maximum absolute atomic E-state index is 14.3. The number of anilines is 3. The third-order valence-corrected chi connectivity index (χ3v) is 4.14. The van der Waals surface area contributed by atoms with Gasteiger partial charge in [-0.2, -0.15) is 0 Å². The number of carbonyl (C=O) groups excluding carboxylic acids is 1. The lowest BCUT2D eigenvalue weighted by atomic mass is 10.1. The third kappa shape index (κ3) is 3.67. The Hall–Kier alpha value is -2.93. The Morgan fingerprint density at radius 2 is 2.04 bits per heavy atom. The van der Waals surface area contributed by atoms with Crippen molar-refractivity contribution in [1.82, 2.24) is 0 Å². The van der Waals surface area contributed by atoms with Gasteiger partial charge in [0.05, 0.1) is 17.9 Å². The van der Waals surface area contributed by atoms with Gasteiger partial charge in [0.1, 0.15) is 11.6 Å². The fraction of sp³-hybridized carbons (Fsp3) is 0.211. The third-order valence-electron chi connectivity index (χ3n) is 4.14. The van der Waals surface area contributed by atoms with Crippen LogP contribution in [0, 0.1) is 11.6 Å². The molecule has 26 heavy (non-hydrogen) atoms. The van der Waals surface area contributed by atoms with Crippen LogP contribution in [0.15, 0.2) is 42.6 Å². The van der Waals surface area contributed by atoms with Crippen molar-refractivity contribution in [3.63, 3.8) is 0 Å². The van der Waals surface area contributed by atoms with Gasteiger partial charge in [-0.3, -0.25) is 4.79 Å². The minimum Gasteiger partial charge on any atom is -0.383 e. The van der Waals surface area contributed by atoms with Crippen molar-refractivity contribution >= 4 is 28.5 Å². The maximum Gasteiger partial charge on any atom is 0.257 e. The number of nitrogens with one attached hydrogen (secondary N) is 2. The number of ether oxygens (including phenoxy) is 1. The van der Waals surface area contributed by atoms with Gasteiger partial charge in [-0.05, 0) is 36.4 Å². The number of nitrogens with zero attached hydrogens (tertiary/aromatic N) is 1. The monoisotopic (exact) mass is 359 g/mol. The number of amides is 1. The summed E-state index contributed by atoms with van der Waals surface area (Å²) in [4.78, 5) is 13.8. The molecule has 3 rings (SSSR count). The Kier molecular flexibility index (Phi) is 5.18. The van der Waals surface area contributed by atoms with Gasteiger partial charge in [0.25, 0.3) is 5.91 Å². The van der Waals surface area contributed by atoms with Gasteiger partial charge < -0.3 is 20.3 Å². The SMILES string of the molecule is COCCN(C)c1ccc(N/C=C2/C(=O)Nc3ccc(F)cc32)cc1F. The van der Waals surface area contributed by atoms with Crippen LogP contribution in [-0.2, 0) is 9.53 Å². The summed E-state index contributed by atoms with van der Waals surface area (Å²) in [6.07, 6.45) is 1.45. The van der Waals surface area contributed by atoms with Gasteiger partial charge in [-0.15, -0.1) is 0 Å². The highest BCUT2D eigenvalue weighted by atomic mass is 19.1. The molecule has 0 spiro atoms. The van der Waals surface area contributed by atoms with Gasteiger partial charge in [0.2, 0.25) is 0 Å².